The summed E-state index contributed by atoms with van der Waals surface area (Å²) in [5.74, 6) is 0. The maximum absolute atomic E-state index is 12.1. The number of halogens is 1. The van der Waals surface area contributed by atoms with Gasteiger partial charge in [-0.3, -0.25) is 4.90 Å². The monoisotopic (exact) mass is 506 g/mol. The molecule has 0 aromatic carbocycles. The SMILES string of the molecule is C=C/C=C(\C=C)COC(=O)N1CCN(CCOCCOCCOC)CC1.CC.CCBr. The Hall–Kier alpha value is -1.19. The first-order chi connectivity index (χ1) is 15.1. The molecule has 0 atom stereocenters. The largest absolute Gasteiger partial charge is 0.445 e. The Labute approximate surface area is 198 Å². The quantitative estimate of drug-likeness (QED) is 0.212. The highest BCUT2D eigenvalue weighted by atomic mass is 79.9. The van der Waals surface area contributed by atoms with Gasteiger partial charge in [-0.2, -0.15) is 0 Å². The zero-order chi connectivity index (χ0) is 23.7. The standard InChI is InChI=1S/C19H32N2O5.C2H5Br.C2H6/c1-4-6-18(5-2)17-26-19(22)21-9-7-20(8-10-21)11-12-24-15-16-25-14-13-23-3;1-2-3;1-2/h4-6H,1-2,7-17H2,3H3;2H2,1H3;1-2H3/b18-6+;;. The highest BCUT2D eigenvalue weighted by Gasteiger charge is 2.21. The fourth-order valence-electron chi connectivity index (χ4n) is 2.37. The van der Waals surface area contributed by atoms with Crippen LogP contribution in [-0.4, -0.2) is 101 Å². The molecule has 1 heterocycles. The first-order valence-electron chi connectivity index (χ1n) is 10.9. The number of piperazine rings is 1. The average molecular weight is 508 g/mol. The molecule has 1 amide bonds. The van der Waals surface area contributed by atoms with Crippen molar-refractivity contribution in [2.45, 2.75) is 20.8 Å². The fraction of sp³-hybridized carbons (Fsp3) is 0.696. The number of carbonyl (C=O) groups excluding carboxylic acids is 1. The number of allylic oxidation sites excluding steroid dienone is 2. The fourth-order valence-corrected chi connectivity index (χ4v) is 2.37. The van der Waals surface area contributed by atoms with Gasteiger partial charge in [-0.15, -0.1) is 0 Å². The van der Waals surface area contributed by atoms with Crippen LogP contribution in [0.5, 0.6) is 0 Å². The summed E-state index contributed by atoms with van der Waals surface area (Å²) < 4.78 is 21.1. The Bertz CT molecular complexity index is 467. The van der Waals surface area contributed by atoms with Gasteiger partial charge in [-0.25, -0.2) is 4.79 Å². The third kappa shape index (κ3) is 19.2. The molecule has 0 N–H and O–H groups in total. The Kier molecular flexibility index (Phi) is 25.9. The van der Waals surface area contributed by atoms with Crippen molar-refractivity contribution in [2.75, 3.05) is 84.8 Å². The number of alkyl halides is 1. The summed E-state index contributed by atoms with van der Waals surface area (Å²) >= 11 is 3.15. The van der Waals surface area contributed by atoms with Crippen molar-refractivity contribution in [3.8, 4) is 0 Å². The molecule has 1 aliphatic rings. The van der Waals surface area contributed by atoms with Gasteiger partial charge in [0.25, 0.3) is 0 Å². The van der Waals surface area contributed by atoms with Gasteiger partial charge in [0, 0.05) is 45.2 Å². The van der Waals surface area contributed by atoms with Gasteiger partial charge < -0.3 is 23.8 Å². The van der Waals surface area contributed by atoms with E-state index >= 15 is 0 Å². The molecule has 0 unspecified atom stereocenters. The van der Waals surface area contributed by atoms with Crippen molar-refractivity contribution in [2.24, 2.45) is 0 Å². The minimum absolute atomic E-state index is 0.217. The molecule has 8 heteroatoms. The molecule has 1 fully saturated rings. The Morgan fingerprint density at radius 1 is 1.00 bits per heavy atom. The van der Waals surface area contributed by atoms with E-state index in [-0.39, 0.29) is 12.7 Å². The first-order valence-corrected chi connectivity index (χ1v) is 12.0. The lowest BCUT2D eigenvalue weighted by atomic mass is 10.2. The van der Waals surface area contributed by atoms with Gasteiger partial charge >= 0.3 is 6.09 Å². The van der Waals surface area contributed by atoms with Crippen LogP contribution in [-0.2, 0) is 18.9 Å². The zero-order valence-corrected chi connectivity index (χ0v) is 21.5. The second-order valence-electron chi connectivity index (χ2n) is 6.05. The Morgan fingerprint density at radius 3 is 2.06 bits per heavy atom. The lowest BCUT2D eigenvalue weighted by Crippen LogP contribution is -2.49. The van der Waals surface area contributed by atoms with Gasteiger partial charge in [-0.1, -0.05) is 68.1 Å². The van der Waals surface area contributed by atoms with Crippen molar-refractivity contribution in [1.29, 1.82) is 0 Å². The molecule has 1 rings (SSSR count). The predicted molar refractivity (Wildman–Crippen MR) is 132 cm³/mol. The predicted octanol–water partition coefficient (Wildman–Crippen LogP) is 4.15. The van der Waals surface area contributed by atoms with Crippen molar-refractivity contribution >= 4 is 22.0 Å². The van der Waals surface area contributed by atoms with Gasteiger partial charge in [-0.05, 0) is 5.57 Å². The third-order valence-corrected chi connectivity index (χ3v) is 3.94. The summed E-state index contributed by atoms with van der Waals surface area (Å²) in [5.41, 5.74) is 0.829. The molecular weight excluding hydrogens is 464 g/mol. The van der Waals surface area contributed by atoms with Gasteiger partial charge in [0.15, 0.2) is 0 Å². The molecule has 0 aliphatic carbocycles. The van der Waals surface area contributed by atoms with E-state index in [1.807, 2.05) is 20.8 Å². The highest BCUT2D eigenvalue weighted by Crippen LogP contribution is 2.06. The van der Waals surface area contributed by atoms with Crippen molar-refractivity contribution in [3.05, 3.63) is 37.0 Å². The number of carbonyl (C=O) groups is 1. The van der Waals surface area contributed by atoms with Crippen LogP contribution in [0.4, 0.5) is 4.79 Å². The Morgan fingerprint density at radius 2 is 1.55 bits per heavy atom. The lowest BCUT2D eigenvalue weighted by molar-refractivity contribution is 0.0155. The van der Waals surface area contributed by atoms with E-state index in [2.05, 4.69) is 34.0 Å². The number of amides is 1. The summed E-state index contributed by atoms with van der Waals surface area (Å²) in [6, 6.07) is 0. The van der Waals surface area contributed by atoms with Crippen LogP contribution in [0.1, 0.15) is 20.8 Å². The zero-order valence-electron chi connectivity index (χ0n) is 19.9. The molecule has 0 saturated carbocycles. The van der Waals surface area contributed by atoms with Crippen molar-refractivity contribution in [3.63, 3.8) is 0 Å². The highest BCUT2D eigenvalue weighted by molar-refractivity contribution is 9.09. The molecular formula is C23H43BrN2O5. The van der Waals surface area contributed by atoms with Crippen LogP contribution >= 0.6 is 15.9 Å². The third-order valence-electron chi connectivity index (χ3n) is 3.94. The number of methoxy groups -OCH3 is 1. The summed E-state index contributed by atoms with van der Waals surface area (Å²) in [7, 11) is 1.65. The summed E-state index contributed by atoms with van der Waals surface area (Å²) in [4.78, 5) is 16.1. The van der Waals surface area contributed by atoms with Crippen LogP contribution in [0.2, 0.25) is 0 Å². The van der Waals surface area contributed by atoms with Crippen LogP contribution in [0.25, 0.3) is 0 Å². The number of hydrogen-bond acceptors (Lipinski definition) is 6. The van der Waals surface area contributed by atoms with Crippen LogP contribution in [0, 0.1) is 0 Å². The number of nitrogens with zero attached hydrogens (tertiary/aromatic N) is 2. The molecule has 0 radical (unpaired) electrons. The minimum Gasteiger partial charge on any atom is -0.445 e. The Balaban J connectivity index is 0. The molecule has 7 nitrogen and oxygen atoms in total. The molecule has 0 bridgehead atoms. The maximum Gasteiger partial charge on any atom is 0.410 e. The topological polar surface area (TPSA) is 60.5 Å². The maximum atomic E-state index is 12.1. The van der Waals surface area contributed by atoms with Crippen molar-refractivity contribution < 1.29 is 23.7 Å². The van der Waals surface area contributed by atoms with E-state index in [0.717, 1.165) is 30.5 Å². The van der Waals surface area contributed by atoms with Gasteiger partial charge in [0.1, 0.15) is 6.61 Å². The van der Waals surface area contributed by atoms with Crippen LogP contribution < -0.4 is 0 Å². The summed E-state index contributed by atoms with van der Waals surface area (Å²) in [6.45, 7) is 20.4. The molecule has 0 aromatic rings. The molecule has 0 aromatic heterocycles. The van der Waals surface area contributed by atoms with E-state index in [1.54, 1.807) is 30.2 Å². The van der Waals surface area contributed by atoms with Gasteiger partial charge in [0.05, 0.1) is 33.0 Å². The van der Waals surface area contributed by atoms with E-state index in [4.69, 9.17) is 18.9 Å². The normalized spacial score (nSPS) is 14.0. The molecule has 31 heavy (non-hydrogen) atoms. The molecule has 1 saturated heterocycles. The first kappa shape index (κ1) is 32.0. The lowest BCUT2D eigenvalue weighted by Gasteiger charge is -2.33. The summed E-state index contributed by atoms with van der Waals surface area (Å²) in [6.07, 6.45) is 4.80. The van der Waals surface area contributed by atoms with Crippen LogP contribution in [0.15, 0.2) is 37.0 Å². The van der Waals surface area contributed by atoms with E-state index in [9.17, 15) is 4.79 Å². The average Bonchev–Trinajstić information content (AvgIpc) is 2.80. The van der Waals surface area contributed by atoms with E-state index < -0.39 is 0 Å². The van der Waals surface area contributed by atoms with Crippen LogP contribution in [0.3, 0.4) is 0 Å². The van der Waals surface area contributed by atoms with E-state index in [0.29, 0.717) is 46.1 Å². The molecule has 1 aliphatic heterocycles. The second kappa shape index (κ2) is 25.1. The molecule has 182 valence electrons. The van der Waals surface area contributed by atoms with Gasteiger partial charge in [0.2, 0.25) is 0 Å². The smallest absolute Gasteiger partial charge is 0.410 e. The number of rotatable bonds is 13. The van der Waals surface area contributed by atoms with Crippen molar-refractivity contribution in [1.82, 2.24) is 9.80 Å². The second-order valence-corrected chi connectivity index (χ2v) is 7.17. The summed E-state index contributed by atoms with van der Waals surface area (Å²) in [5, 5.41) is 1.06. The number of ether oxygens (including phenoxy) is 4. The minimum atomic E-state index is -0.286. The number of hydrogen-bond donors (Lipinski definition) is 0. The van der Waals surface area contributed by atoms with E-state index in [1.165, 1.54) is 0 Å². The molecule has 0 spiro atoms.